The molecule has 0 aliphatic heterocycles. The fourth-order valence-corrected chi connectivity index (χ4v) is 2.40. The first-order chi connectivity index (χ1) is 9.97. The summed E-state index contributed by atoms with van der Waals surface area (Å²) in [7, 11) is 0. The van der Waals surface area contributed by atoms with E-state index < -0.39 is 5.97 Å². The number of carbonyl (C=O) groups is 1. The van der Waals surface area contributed by atoms with Gasteiger partial charge in [0.1, 0.15) is 12.4 Å². The number of rotatable bonds is 5. The highest BCUT2D eigenvalue weighted by molar-refractivity contribution is 14.1. The minimum atomic E-state index is -0.947. The summed E-state index contributed by atoms with van der Waals surface area (Å²) in [5.41, 5.74) is 2.60. The zero-order valence-corrected chi connectivity index (χ0v) is 14.1. The van der Waals surface area contributed by atoms with E-state index in [0.29, 0.717) is 18.3 Å². The van der Waals surface area contributed by atoms with Crippen LogP contribution in [-0.2, 0) is 6.61 Å². The second kappa shape index (κ2) is 6.93. The third-order valence-corrected chi connectivity index (χ3v) is 4.11. The maximum Gasteiger partial charge on any atom is 0.335 e. The van der Waals surface area contributed by atoms with Crippen molar-refractivity contribution in [3.8, 4) is 5.75 Å². The van der Waals surface area contributed by atoms with Crippen molar-refractivity contribution in [2.24, 2.45) is 0 Å². The van der Waals surface area contributed by atoms with Crippen LogP contribution in [-0.4, -0.2) is 11.1 Å². The smallest absolute Gasteiger partial charge is 0.335 e. The standard InChI is InChI=1S/C17H17IO3/c1-11(2)13-5-3-12(4-6-13)10-21-16-9-14(17(19)20)7-8-15(16)18/h3-9,11H,10H2,1-2H3,(H,19,20). The van der Waals surface area contributed by atoms with Gasteiger partial charge in [0.2, 0.25) is 0 Å². The monoisotopic (exact) mass is 396 g/mol. The molecule has 0 radical (unpaired) electrons. The molecule has 0 aliphatic rings. The van der Waals surface area contributed by atoms with Crippen molar-refractivity contribution in [2.45, 2.75) is 26.4 Å². The Hall–Kier alpha value is -1.56. The second-order valence-corrected chi connectivity index (χ2v) is 6.30. The van der Waals surface area contributed by atoms with Crippen LogP contribution in [0.3, 0.4) is 0 Å². The molecule has 0 unspecified atom stereocenters. The molecule has 2 rings (SSSR count). The zero-order valence-electron chi connectivity index (χ0n) is 12.0. The van der Waals surface area contributed by atoms with Gasteiger partial charge >= 0.3 is 5.97 Å². The van der Waals surface area contributed by atoms with Gasteiger partial charge in [-0.3, -0.25) is 0 Å². The molecule has 110 valence electrons. The number of carboxylic acid groups (broad SMARTS) is 1. The Balaban J connectivity index is 2.09. The molecule has 0 aromatic heterocycles. The Bertz CT molecular complexity index is 633. The molecule has 2 aromatic carbocycles. The number of halogens is 1. The highest BCUT2D eigenvalue weighted by Gasteiger charge is 2.08. The van der Waals surface area contributed by atoms with E-state index in [-0.39, 0.29) is 5.56 Å². The van der Waals surface area contributed by atoms with Crippen molar-refractivity contribution in [3.63, 3.8) is 0 Å². The number of hydrogen-bond acceptors (Lipinski definition) is 2. The van der Waals surface area contributed by atoms with Crippen LogP contribution in [0.25, 0.3) is 0 Å². The van der Waals surface area contributed by atoms with E-state index in [1.54, 1.807) is 18.2 Å². The lowest BCUT2D eigenvalue weighted by Gasteiger charge is -2.10. The lowest BCUT2D eigenvalue weighted by atomic mass is 10.0. The predicted molar refractivity (Wildman–Crippen MR) is 91.0 cm³/mol. The number of aromatic carboxylic acids is 1. The van der Waals surface area contributed by atoms with Crippen LogP contribution < -0.4 is 4.74 Å². The summed E-state index contributed by atoms with van der Waals surface area (Å²) < 4.78 is 6.64. The first-order valence-electron chi connectivity index (χ1n) is 6.72. The van der Waals surface area contributed by atoms with E-state index in [4.69, 9.17) is 9.84 Å². The highest BCUT2D eigenvalue weighted by atomic mass is 127. The molecular weight excluding hydrogens is 379 g/mol. The van der Waals surface area contributed by atoms with E-state index >= 15 is 0 Å². The number of ether oxygens (including phenoxy) is 1. The topological polar surface area (TPSA) is 46.5 Å². The van der Waals surface area contributed by atoms with Gasteiger partial charge in [0, 0.05) is 0 Å². The third kappa shape index (κ3) is 4.20. The van der Waals surface area contributed by atoms with Crippen LogP contribution in [0.15, 0.2) is 42.5 Å². The van der Waals surface area contributed by atoms with E-state index in [2.05, 4.69) is 48.6 Å². The zero-order chi connectivity index (χ0) is 15.4. The first kappa shape index (κ1) is 15.8. The molecule has 0 heterocycles. The molecule has 0 atom stereocenters. The SMILES string of the molecule is CC(C)c1ccc(COc2cc(C(=O)O)ccc2I)cc1. The van der Waals surface area contributed by atoms with Gasteiger partial charge in [0.25, 0.3) is 0 Å². The molecule has 0 amide bonds. The Kier molecular flexibility index (Phi) is 5.22. The van der Waals surface area contributed by atoms with Gasteiger partial charge in [0.15, 0.2) is 0 Å². The summed E-state index contributed by atoms with van der Waals surface area (Å²) in [4.78, 5) is 11.0. The van der Waals surface area contributed by atoms with E-state index in [9.17, 15) is 4.79 Å². The average molecular weight is 396 g/mol. The molecule has 21 heavy (non-hydrogen) atoms. The van der Waals surface area contributed by atoms with Crippen molar-refractivity contribution in [1.29, 1.82) is 0 Å². The number of benzene rings is 2. The fourth-order valence-electron chi connectivity index (χ4n) is 1.91. The van der Waals surface area contributed by atoms with Crippen LogP contribution >= 0.6 is 22.6 Å². The van der Waals surface area contributed by atoms with Crippen LogP contribution in [0.2, 0.25) is 0 Å². The quantitative estimate of drug-likeness (QED) is 0.746. The summed E-state index contributed by atoms with van der Waals surface area (Å²) in [6, 6.07) is 13.2. The van der Waals surface area contributed by atoms with Gasteiger partial charge in [-0.25, -0.2) is 4.79 Å². The molecular formula is C17H17IO3. The summed E-state index contributed by atoms with van der Waals surface area (Å²) in [5.74, 6) is 0.161. The molecule has 3 nitrogen and oxygen atoms in total. The minimum absolute atomic E-state index is 0.237. The predicted octanol–water partition coefficient (Wildman–Crippen LogP) is 4.69. The van der Waals surface area contributed by atoms with Gasteiger partial charge < -0.3 is 9.84 Å². The van der Waals surface area contributed by atoms with Gasteiger partial charge in [-0.1, -0.05) is 38.1 Å². The Morgan fingerprint density at radius 2 is 1.86 bits per heavy atom. The lowest BCUT2D eigenvalue weighted by molar-refractivity contribution is 0.0696. The molecule has 1 N–H and O–H groups in total. The fraction of sp³-hybridized carbons (Fsp3) is 0.235. The first-order valence-corrected chi connectivity index (χ1v) is 7.79. The van der Waals surface area contributed by atoms with Crippen molar-refractivity contribution in [1.82, 2.24) is 0 Å². The molecule has 4 heteroatoms. The van der Waals surface area contributed by atoms with E-state index in [0.717, 1.165) is 9.13 Å². The highest BCUT2D eigenvalue weighted by Crippen LogP contribution is 2.24. The van der Waals surface area contributed by atoms with Crippen LogP contribution in [0.1, 0.15) is 41.3 Å². The van der Waals surface area contributed by atoms with Crippen molar-refractivity contribution >= 4 is 28.6 Å². The Morgan fingerprint density at radius 3 is 2.43 bits per heavy atom. The van der Waals surface area contributed by atoms with E-state index in [1.165, 1.54) is 5.56 Å². The number of hydrogen-bond donors (Lipinski definition) is 1. The second-order valence-electron chi connectivity index (χ2n) is 5.14. The lowest BCUT2D eigenvalue weighted by Crippen LogP contribution is -2.01. The summed E-state index contributed by atoms with van der Waals surface area (Å²) >= 11 is 2.14. The summed E-state index contributed by atoms with van der Waals surface area (Å²) in [6.45, 7) is 4.74. The number of carboxylic acids is 1. The third-order valence-electron chi connectivity index (χ3n) is 3.22. The summed E-state index contributed by atoms with van der Waals surface area (Å²) in [5, 5.41) is 9.01. The van der Waals surface area contributed by atoms with Gasteiger partial charge in [-0.15, -0.1) is 0 Å². The van der Waals surface area contributed by atoms with Crippen LogP contribution in [0.5, 0.6) is 5.75 Å². The molecule has 2 aromatic rings. The average Bonchev–Trinajstić information content (AvgIpc) is 2.46. The Labute approximate surface area is 138 Å². The summed E-state index contributed by atoms with van der Waals surface area (Å²) in [6.07, 6.45) is 0. The van der Waals surface area contributed by atoms with Gasteiger partial charge in [-0.05, 0) is 57.8 Å². The van der Waals surface area contributed by atoms with Crippen LogP contribution in [0.4, 0.5) is 0 Å². The van der Waals surface area contributed by atoms with Crippen molar-refractivity contribution < 1.29 is 14.6 Å². The Morgan fingerprint density at radius 1 is 1.19 bits per heavy atom. The van der Waals surface area contributed by atoms with Crippen LogP contribution in [0, 0.1) is 3.57 Å². The van der Waals surface area contributed by atoms with Gasteiger partial charge in [0.05, 0.1) is 9.13 Å². The van der Waals surface area contributed by atoms with Crippen molar-refractivity contribution in [2.75, 3.05) is 0 Å². The molecule has 0 spiro atoms. The normalized spacial score (nSPS) is 10.7. The maximum absolute atomic E-state index is 11.0. The molecule has 0 bridgehead atoms. The van der Waals surface area contributed by atoms with E-state index in [1.807, 2.05) is 12.1 Å². The molecule has 0 saturated carbocycles. The molecule has 0 saturated heterocycles. The van der Waals surface area contributed by atoms with Gasteiger partial charge in [-0.2, -0.15) is 0 Å². The maximum atomic E-state index is 11.0. The largest absolute Gasteiger partial charge is 0.488 e. The van der Waals surface area contributed by atoms with Crippen molar-refractivity contribution in [3.05, 3.63) is 62.7 Å². The molecule has 0 aliphatic carbocycles. The molecule has 0 fully saturated rings. The minimum Gasteiger partial charge on any atom is -0.488 e.